The van der Waals surface area contributed by atoms with Gasteiger partial charge >= 0.3 is 5.97 Å². The molecule has 0 bridgehead atoms. The fourth-order valence-corrected chi connectivity index (χ4v) is 1.76. The Morgan fingerprint density at radius 2 is 1.42 bits per heavy atom. The van der Waals surface area contributed by atoms with Crippen LogP contribution in [0, 0.1) is 35.0 Å². The minimum Gasteiger partial charge on any atom is -0.420 e. The molecule has 0 unspecified atom stereocenters. The molecule has 2 rings (SSSR count). The lowest BCUT2D eigenvalue weighted by atomic mass is 9.83. The Morgan fingerprint density at radius 1 is 0.947 bits per heavy atom. The van der Waals surface area contributed by atoms with Gasteiger partial charge < -0.3 is 4.74 Å². The standard InChI is InChI=1S/C12H9F5O2/c13-7-8(14)10(16)12(11(17)9(7)15)19-6(18)4-5-2-1-3-5/h5H,1-4H2. The van der Waals surface area contributed by atoms with Crippen LogP contribution >= 0.6 is 0 Å². The summed E-state index contributed by atoms with van der Waals surface area (Å²) in [6, 6.07) is 0. The number of hydrogen-bond donors (Lipinski definition) is 0. The molecule has 0 amide bonds. The van der Waals surface area contributed by atoms with Gasteiger partial charge in [0, 0.05) is 6.42 Å². The van der Waals surface area contributed by atoms with Gasteiger partial charge in [-0.25, -0.2) is 13.2 Å². The van der Waals surface area contributed by atoms with Crippen molar-refractivity contribution in [2.24, 2.45) is 5.92 Å². The zero-order valence-electron chi connectivity index (χ0n) is 9.61. The summed E-state index contributed by atoms with van der Waals surface area (Å²) in [5, 5.41) is 0. The fraction of sp³-hybridized carbons (Fsp3) is 0.417. The number of rotatable bonds is 3. The lowest BCUT2D eigenvalue weighted by molar-refractivity contribution is -0.136. The third-order valence-corrected chi connectivity index (χ3v) is 3.07. The van der Waals surface area contributed by atoms with Crippen LogP contribution in [0.4, 0.5) is 22.0 Å². The second kappa shape index (κ2) is 5.14. The fourth-order valence-electron chi connectivity index (χ4n) is 1.76. The third-order valence-electron chi connectivity index (χ3n) is 3.07. The maximum Gasteiger partial charge on any atom is 0.311 e. The number of esters is 1. The molecule has 19 heavy (non-hydrogen) atoms. The van der Waals surface area contributed by atoms with Gasteiger partial charge in [-0.2, -0.15) is 8.78 Å². The highest BCUT2D eigenvalue weighted by atomic mass is 19.2. The highest BCUT2D eigenvalue weighted by Gasteiger charge is 2.29. The van der Waals surface area contributed by atoms with E-state index >= 15 is 0 Å². The number of benzene rings is 1. The maximum absolute atomic E-state index is 13.2. The van der Waals surface area contributed by atoms with Gasteiger partial charge in [0.2, 0.25) is 34.8 Å². The van der Waals surface area contributed by atoms with Gasteiger partial charge in [-0.3, -0.25) is 4.79 Å². The summed E-state index contributed by atoms with van der Waals surface area (Å²) in [5.41, 5.74) is 0. The average molecular weight is 280 g/mol. The first kappa shape index (κ1) is 13.8. The summed E-state index contributed by atoms with van der Waals surface area (Å²) in [6.45, 7) is 0. The average Bonchev–Trinajstić information content (AvgIpc) is 2.34. The molecule has 0 spiro atoms. The van der Waals surface area contributed by atoms with E-state index < -0.39 is 40.8 Å². The van der Waals surface area contributed by atoms with Gasteiger partial charge in [-0.15, -0.1) is 0 Å². The van der Waals surface area contributed by atoms with Crippen molar-refractivity contribution in [3.8, 4) is 5.75 Å². The van der Waals surface area contributed by atoms with E-state index in [1.165, 1.54) is 0 Å². The van der Waals surface area contributed by atoms with E-state index in [4.69, 9.17) is 0 Å². The highest BCUT2D eigenvalue weighted by Crippen LogP contribution is 2.32. The van der Waals surface area contributed by atoms with Gasteiger partial charge in [0.1, 0.15) is 0 Å². The van der Waals surface area contributed by atoms with Crippen molar-refractivity contribution in [2.45, 2.75) is 25.7 Å². The summed E-state index contributed by atoms with van der Waals surface area (Å²) in [5.74, 6) is -13.3. The van der Waals surface area contributed by atoms with E-state index in [2.05, 4.69) is 4.74 Å². The van der Waals surface area contributed by atoms with Crippen LogP contribution in [0.5, 0.6) is 5.75 Å². The normalized spacial score (nSPS) is 15.2. The van der Waals surface area contributed by atoms with Crippen LogP contribution in [0.3, 0.4) is 0 Å². The molecule has 2 nitrogen and oxygen atoms in total. The van der Waals surface area contributed by atoms with Crippen LogP contribution in [0.25, 0.3) is 0 Å². The molecule has 0 radical (unpaired) electrons. The summed E-state index contributed by atoms with van der Waals surface area (Å²) < 4.78 is 69.1. The van der Waals surface area contributed by atoms with Crippen LogP contribution in [0.2, 0.25) is 0 Å². The van der Waals surface area contributed by atoms with Gasteiger partial charge in [0.15, 0.2) is 0 Å². The third kappa shape index (κ3) is 2.54. The second-order valence-electron chi connectivity index (χ2n) is 4.37. The molecule has 1 aliphatic carbocycles. The molecule has 1 aromatic rings. The van der Waals surface area contributed by atoms with Crippen LogP contribution in [-0.2, 0) is 4.79 Å². The predicted octanol–water partition coefficient (Wildman–Crippen LogP) is 3.48. The van der Waals surface area contributed by atoms with E-state index in [1.54, 1.807) is 0 Å². The van der Waals surface area contributed by atoms with Crippen molar-refractivity contribution < 1.29 is 31.5 Å². The quantitative estimate of drug-likeness (QED) is 0.278. The van der Waals surface area contributed by atoms with Crippen LogP contribution < -0.4 is 4.74 Å². The maximum atomic E-state index is 13.2. The minimum absolute atomic E-state index is 0.0498. The lowest BCUT2D eigenvalue weighted by Crippen LogP contribution is -2.20. The first-order valence-electron chi connectivity index (χ1n) is 5.64. The Bertz CT molecular complexity index is 496. The van der Waals surface area contributed by atoms with Gasteiger partial charge in [0.05, 0.1) is 0 Å². The number of carbonyl (C=O) groups is 1. The molecule has 104 valence electrons. The van der Waals surface area contributed by atoms with Crippen molar-refractivity contribution >= 4 is 5.97 Å². The summed E-state index contributed by atoms with van der Waals surface area (Å²) in [7, 11) is 0. The van der Waals surface area contributed by atoms with Crippen molar-refractivity contribution in [1.82, 2.24) is 0 Å². The topological polar surface area (TPSA) is 26.3 Å². The minimum atomic E-state index is -2.28. The van der Waals surface area contributed by atoms with E-state index in [0.717, 1.165) is 19.3 Å². The molecule has 0 N–H and O–H groups in total. The molecule has 1 aromatic carbocycles. The van der Waals surface area contributed by atoms with Gasteiger partial charge in [-0.1, -0.05) is 6.42 Å². The largest absolute Gasteiger partial charge is 0.420 e. The monoisotopic (exact) mass is 280 g/mol. The molecule has 0 aromatic heterocycles. The van der Waals surface area contributed by atoms with Crippen molar-refractivity contribution in [2.75, 3.05) is 0 Å². The second-order valence-corrected chi connectivity index (χ2v) is 4.37. The molecule has 0 saturated heterocycles. The van der Waals surface area contributed by atoms with E-state index in [-0.39, 0.29) is 12.3 Å². The molecule has 1 fully saturated rings. The SMILES string of the molecule is O=C(CC1CCC1)Oc1c(F)c(F)c(F)c(F)c1F. The molecule has 7 heteroatoms. The Labute approximate surface area is 105 Å². The first-order chi connectivity index (χ1) is 8.91. The van der Waals surface area contributed by atoms with Gasteiger partial charge in [0.25, 0.3) is 0 Å². The first-order valence-corrected chi connectivity index (χ1v) is 5.64. The number of carbonyl (C=O) groups excluding carboxylic acids is 1. The van der Waals surface area contributed by atoms with Crippen LogP contribution in [0.1, 0.15) is 25.7 Å². The lowest BCUT2D eigenvalue weighted by Gasteiger charge is -2.23. The molecule has 0 heterocycles. The van der Waals surface area contributed by atoms with Crippen LogP contribution in [-0.4, -0.2) is 5.97 Å². The molecular formula is C12H9F5O2. The molecule has 0 atom stereocenters. The van der Waals surface area contributed by atoms with Crippen molar-refractivity contribution in [3.63, 3.8) is 0 Å². The Hall–Kier alpha value is -1.66. The number of ether oxygens (including phenoxy) is 1. The number of halogens is 5. The summed E-state index contributed by atoms with van der Waals surface area (Å²) in [4.78, 5) is 11.3. The van der Waals surface area contributed by atoms with E-state index in [1.807, 2.05) is 0 Å². The molecule has 1 saturated carbocycles. The van der Waals surface area contributed by atoms with Gasteiger partial charge in [-0.05, 0) is 18.8 Å². The summed E-state index contributed by atoms with van der Waals surface area (Å²) >= 11 is 0. The van der Waals surface area contributed by atoms with E-state index in [9.17, 15) is 26.7 Å². The predicted molar refractivity (Wildman–Crippen MR) is 53.8 cm³/mol. The Balaban J connectivity index is 2.21. The smallest absolute Gasteiger partial charge is 0.311 e. The van der Waals surface area contributed by atoms with Crippen molar-refractivity contribution in [1.29, 1.82) is 0 Å². The van der Waals surface area contributed by atoms with E-state index in [0.29, 0.717) is 0 Å². The molecule has 0 aliphatic heterocycles. The Morgan fingerprint density at radius 3 is 1.84 bits per heavy atom. The zero-order valence-corrected chi connectivity index (χ0v) is 9.61. The molecule has 1 aliphatic rings. The summed E-state index contributed by atoms with van der Waals surface area (Å²) in [6.07, 6.45) is 2.42. The van der Waals surface area contributed by atoms with Crippen LogP contribution in [0.15, 0.2) is 0 Å². The van der Waals surface area contributed by atoms with Crippen molar-refractivity contribution in [3.05, 3.63) is 29.1 Å². The Kier molecular flexibility index (Phi) is 3.73. The highest BCUT2D eigenvalue weighted by molar-refractivity contribution is 5.72. The molecular weight excluding hydrogens is 271 g/mol. The zero-order chi connectivity index (χ0) is 14.2. The number of hydrogen-bond acceptors (Lipinski definition) is 2.